The van der Waals surface area contributed by atoms with Crippen LogP contribution in [0.4, 0.5) is 0 Å². The van der Waals surface area contributed by atoms with Crippen LogP contribution in [0, 0.1) is 0 Å². The minimum atomic E-state index is -0.599. The number of amides is 1. The molecule has 1 aliphatic heterocycles. The number of nitrogens with zero attached hydrogens (tertiary/aromatic N) is 1. The van der Waals surface area contributed by atoms with Crippen molar-refractivity contribution in [2.75, 3.05) is 40.0 Å². The summed E-state index contributed by atoms with van der Waals surface area (Å²) in [6.45, 7) is 3.44. The van der Waals surface area contributed by atoms with Crippen molar-refractivity contribution in [2.24, 2.45) is 5.73 Å². The molecule has 2 atom stereocenters. The van der Waals surface area contributed by atoms with E-state index in [9.17, 15) is 4.79 Å². The first-order valence-corrected chi connectivity index (χ1v) is 6.58. The van der Waals surface area contributed by atoms with Crippen LogP contribution in [-0.2, 0) is 14.3 Å². The summed E-state index contributed by atoms with van der Waals surface area (Å²) in [6, 6.07) is 0.154. The number of hydrogen-bond acceptors (Lipinski definition) is 5. The van der Waals surface area contributed by atoms with Crippen LogP contribution in [0.2, 0.25) is 0 Å². The standard InChI is InChI=1S/C12H23N3O3.ClH/c1-17-8-11(13)12(16)14-6-10-7-15(4-5-18-10)9-2-3-9;/h9-11H,2-8,13H2,1H3,(H,14,16);1H. The van der Waals surface area contributed by atoms with Crippen molar-refractivity contribution in [1.29, 1.82) is 0 Å². The summed E-state index contributed by atoms with van der Waals surface area (Å²) in [6.07, 6.45) is 2.69. The number of methoxy groups -OCH3 is 1. The Hall–Kier alpha value is -0.400. The van der Waals surface area contributed by atoms with Crippen molar-refractivity contribution < 1.29 is 14.3 Å². The summed E-state index contributed by atoms with van der Waals surface area (Å²) < 4.78 is 10.5. The zero-order chi connectivity index (χ0) is 13.0. The van der Waals surface area contributed by atoms with Gasteiger partial charge < -0.3 is 20.5 Å². The van der Waals surface area contributed by atoms with Gasteiger partial charge in [0.1, 0.15) is 6.04 Å². The van der Waals surface area contributed by atoms with Gasteiger partial charge in [0.05, 0.1) is 19.3 Å². The number of carbonyl (C=O) groups excluding carboxylic acids is 1. The van der Waals surface area contributed by atoms with Gasteiger partial charge in [0.2, 0.25) is 5.91 Å². The summed E-state index contributed by atoms with van der Waals surface area (Å²) in [5.41, 5.74) is 5.64. The quantitative estimate of drug-likeness (QED) is 0.681. The summed E-state index contributed by atoms with van der Waals surface area (Å²) in [5.74, 6) is -0.177. The van der Waals surface area contributed by atoms with E-state index in [1.165, 1.54) is 20.0 Å². The highest BCUT2D eigenvalue weighted by atomic mass is 35.5. The van der Waals surface area contributed by atoms with Crippen molar-refractivity contribution in [3.63, 3.8) is 0 Å². The van der Waals surface area contributed by atoms with Crippen molar-refractivity contribution in [3.8, 4) is 0 Å². The third-order valence-electron chi connectivity index (χ3n) is 3.42. The third kappa shape index (κ3) is 5.24. The van der Waals surface area contributed by atoms with E-state index < -0.39 is 6.04 Å². The van der Waals surface area contributed by atoms with Crippen molar-refractivity contribution in [2.45, 2.75) is 31.0 Å². The Balaban J connectivity index is 0.00000180. The predicted octanol–water partition coefficient (Wildman–Crippen LogP) is -0.639. The van der Waals surface area contributed by atoms with Gasteiger partial charge in [-0.25, -0.2) is 0 Å². The Kier molecular flexibility index (Phi) is 7.02. The van der Waals surface area contributed by atoms with Crippen LogP contribution in [0.1, 0.15) is 12.8 Å². The molecule has 2 unspecified atom stereocenters. The Labute approximate surface area is 120 Å². The number of morpholine rings is 1. The second-order valence-electron chi connectivity index (χ2n) is 5.03. The maximum atomic E-state index is 11.6. The molecule has 0 aromatic heterocycles. The van der Waals surface area contributed by atoms with Crippen molar-refractivity contribution in [1.82, 2.24) is 10.2 Å². The molecule has 112 valence electrons. The lowest BCUT2D eigenvalue weighted by atomic mass is 10.2. The molecule has 2 fully saturated rings. The number of nitrogens with one attached hydrogen (secondary N) is 1. The minimum Gasteiger partial charge on any atom is -0.383 e. The fourth-order valence-electron chi connectivity index (χ4n) is 2.24. The number of ether oxygens (including phenoxy) is 2. The monoisotopic (exact) mass is 293 g/mol. The smallest absolute Gasteiger partial charge is 0.239 e. The number of nitrogens with two attached hydrogens (primary N) is 1. The molecule has 0 spiro atoms. The van der Waals surface area contributed by atoms with Crippen LogP contribution in [0.5, 0.6) is 0 Å². The Morgan fingerprint density at radius 1 is 1.58 bits per heavy atom. The van der Waals surface area contributed by atoms with E-state index in [-0.39, 0.29) is 31.0 Å². The molecule has 0 aromatic carbocycles. The van der Waals surface area contributed by atoms with Crippen LogP contribution in [0.25, 0.3) is 0 Å². The highest BCUT2D eigenvalue weighted by Crippen LogP contribution is 2.27. The first-order valence-electron chi connectivity index (χ1n) is 6.58. The van der Waals surface area contributed by atoms with E-state index in [4.69, 9.17) is 15.2 Å². The van der Waals surface area contributed by atoms with Crippen LogP contribution >= 0.6 is 12.4 Å². The van der Waals surface area contributed by atoms with Gasteiger partial charge in [0, 0.05) is 32.8 Å². The topological polar surface area (TPSA) is 76.8 Å². The minimum absolute atomic E-state index is 0. The van der Waals surface area contributed by atoms with Crippen LogP contribution in [-0.4, -0.2) is 69.0 Å². The van der Waals surface area contributed by atoms with Crippen LogP contribution < -0.4 is 11.1 Å². The van der Waals surface area contributed by atoms with E-state index in [1.807, 2.05) is 0 Å². The zero-order valence-corrected chi connectivity index (χ0v) is 12.2. The normalized spacial score (nSPS) is 25.5. The lowest BCUT2D eigenvalue weighted by Crippen LogP contribution is -2.51. The van der Waals surface area contributed by atoms with Gasteiger partial charge in [0.15, 0.2) is 0 Å². The largest absolute Gasteiger partial charge is 0.383 e. The van der Waals surface area contributed by atoms with Crippen molar-refractivity contribution >= 4 is 18.3 Å². The van der Waals surface area contributed by atoms with Gasteiger partial charge in [-0.3, -0.25) is 9.69 Å². The molecule has 19 heavy (non-hydrogen) atoms. The van der Waals surface area contributed by atoms with E-state index in [0.29, 0.717) is 6.54 Å². The number of hydrogen-bond donors (Lipinski definition) is 2. The molecular formula is C12H24ClN3O3. The van der Waals surface area contributed by atoms with E-state index in [1.54, 1.807) is 0 Å². The highest BCUT2D eigenvalue weighted by molar-refractivity contribution is 5.85. The van der Waals surface area contributed by atoms with Crippen LogP contribution in [0.15, 0.2) is 0 Å². The third-order valence-corrected chi connectivity index (χ3v) is 3.42. The molecule has 2 aliphatic rings. The van der Waals surface area contributed by atoms with Gasteiger partial charge in [-0.15, -0.1) is 12.4 Å². The predicted molar refractivity (Wildman–Crippen MR) is 74.4 cm³/mol. The highest BCUT2D eigenvalue weighted by Gasteiger charge is 2.33. The average Bonchev–Trinajstić information content (AvgIpc) is 3.21. The van der Waals surface area contributed by atoms with Gasteiger partial charge in [0.25, 0.3) is 0 Å². The SMILES string of the molecule is COCC(N)C(=O)NCC1CN(C2CC2)CCO1.Cl. The molecule has 0 bridgehead atoms. The van der Waals surface area contributed by atoms with E-state index in [2.05, 4.69) is 10.2 Å². The molecule has 1 saturated carbocycles. The van der Waals surface area contributed by atoms with Gasteiger partial charge in [-0.1, -0.05) is 0 Å². The zero-order valence-electron chi connectivity index (χ0n) is 11.3. The molecular weight excluding hydrogens is 270 g/mol. The molecule has 1 heterocycles. The molecule has 1 amide bonds. The Morgan fingerprint density at radius 3 is 2.95 bits per heavy atom. The molecule has 7 heteroatoms. The molecule has 2 rings (SSSR count). The number of rotatable bonds is 6. The van der Waals surface area contributed by atoms with Gasteiger partial charge >= 0.3 is 0 Å². The van der Waals surface area contributed by atoms with Gasteiger partial charge in [-0.05, 0) is 12.8 Å². The summed E-state index contributed by atoms with van der Waals surface area (Å²) in [7, 11) is 1.53. The molecule has 0 radical (unpaired) electrons. The molecule has 1 aliphatic carbocycles. The van der Waals surface area contributed by atoms with E-state index >= 15 is 0 Å². The van der Waals surface area contributed by atoms with Gasteiger partial charge in [-0.2, -0.15) is 0 Å². The lowest BCUT2D eigenvalue weighted by Gasteiger charge is -2.33. The second kappa shape index (κ2) is 8.01. The number of halogens is 1. The summed E-state index contributed by atoms with van der Waals surface area (Å²) in [4.78, 5) is 14.1. The summed E-state index contributed by atoms with van der Waals surface area (Å²) >= 11 is 0. The lowest BCUT2D eigenvalue weighted by molar-refractivity contribution is -0.124. The van der Waals surface area contributed by atoms with Crippen LogP contribution in [0.3, 0.4) is 0 Å². The molecule has 6 nitrogen and oxygen atoms in total. The maximum Gasteiger partial charge on any atom is 0.239 e. The second-order valence-corrected chi connectivity index (χ2v) is 5.03. The maximum absolute atomic E-state index is 11.6. The first-order chi connectivity index (χ1) is 8.70. The fraction of sp³-hybridized carbons (Fsp3) is 0.917. The van der Waals surface area contributed by atoms with E-state index in [0.717, 1.165) is 25.7 Å². The Morgan fingerprint density at radius 2 is 2.32 bits per heavy atom. The molecule has 0 aromatic rings. The molecule has 1 saturated heterocycles. The Bertz CT molecular complexity index is 289. The first kappa shape index (κ1) is 16.7. The summed E-state index contributed by atoms with van der Waals surface area (Å²) in [5, 5.41) is 2.82. The van der Waals surface area contributed by atoms with Crippen molar-refractivity contribution in [3.05, 3.63) is 0 Å². The molecule has 3 N–H and O–H groups in total. The fourth-order valence-corrected chi connectivity index (χ4v) is 2.24. The number of carbonyl (C=O) groups is 1. The average molecular weight is 294 g/mol.